The summed E-state index contributed by atoms with van der Waals surface area (Å²) < 4.78 is 4.98. The third-order valence-corrected chi connectivity index (χ3v) is 2.79. The normalized spacial score (nSPS) is 14.5. The maximum absolute atomic E-state index is 11.8. The van der Waals surface area contributed by atoms with E-state index in [1.165, 1.54) is 4.90 Å². The predicted octanol–water partition coefficient (Wildman–Crippen LogP) is 2.54. The molecule has 4 nitrogen and oxygen atoms in total. The number of ketones is 1. The lowest BCUT2D eigenvalue weighted by molar-refractivity contribution is 0.0978. The number of carbonyl (C=O) groups excluding carboxylic acids is 2. The summed E-state index contributed by atoms with van der Waals surface area (Å²) in [6.45, 7) is 4.43. The Morgan fingerprint density at radius 1 is 1.47 bits per heavy atom. The highest BCUT2D eigenvalue weighted by molar-refractivity contribution is 6.07. The number of fused-ring (bicyclic) bond motifs is 1. The average molecular weight is 233 g/mol. The van der Waals surface area contributed by atoms with Crippen molar-refractivity contribution in [1.82, 2.24) is 0 Å². The largest absolute Gasteiger partial charge is 0.449 e. The van der Waals surface area contributed by atoms with Gasteiger partial charge in [0.2, 0.25) is 0 Å². The van der Waals surface area contributed by atoms with Gasteiger partial charge in [-0.3, -0.25) is 9.69 Å². The molecule has 1 aliphatic heterocycles. The van der Waals surface area contributed by atoms with Gasteiger partial charge in [0.05, 0.1) is 12.3 Å². The first-order chi connectivity index (χ1) is 8.13. The summed E-state index contributed by atoms with van der Waals surface area (Å²) in [5.74, 6) is 0.0873. The van der Waals surface area contributed by atoms with E-state index in [1.54, 1.807) is 13.0 Å². The number of anilines is 1. The zero-order valence-corrected chi connectivity index (χ0v) is 10.0. The Kier molecular flexibility index (Phi) is 3.13. The van der Waals surface area contributed by atoms with Crippen LogP contribution in [0.15, 0.2) is 18.2 Å². The molecule has 0 aliphatic carbocycles. The van der Waals surface area contributed by atoms with Gasteiger partial charge < -0.3 is 4.74 Å². The maximum atomic E-state index is 11.8. The maximum Gasteiger partial charge on any atom is 0.414 e. The molecule has 90 valence electrons. The Labute approximate surface area is 100 Å². The van der Waals surface area contributed by atoms with Gasteiger partial charge in [-0.2, -0.15) is 0 Å². The van der Waals surface area contributed by atoms with Gasteiger partial charge in [-0.05, 0) is 26.0 Å². The van der Waals surface area contributed by atoms with E-state index in [9.17, 15) is 9.59 Å². The van der Waals surface area contributed by atoms with Crippen LogP contribution in [-0.2, 0) is 4.74 Å². The first-order valence-electron chi connectivity index (χ1n) is 5.71. The second-order valence-corrected chi connectivity index (χ2v) is 4.04. The zero-order chi connectivity index (χ0) is 12.4. The number of hydrogen-bond donors (Lipinski definition) is 0. The van der Waals surface area contributed by atoms with Gasteiger partial charge in [-0.1, -0.05) is 11.6 Å². The molecule has 0 saturated heterocycles. The van der Waals surface area contributed by atoms with Gasteiger partial charge >= 0.3 is 6.09 Å². The van der Waals surface area contributed by atoms with Crippen LogP contribution in [0.25, 0.3) is 0 Å². The lowest BCUT2D eigenvalue weighted by Gasteiger charge is -2.27. The van der Waals surface area contributed by atoms with Gasteiger partial charge in [0.25, 0.3) is 0 Å². The van der Waals surface area contributed by atoms with Crippen molar-refractivity contribution in [3.63, 3.8) is 0 Å². The molecule has 0 unspecified atom stereocenters. The van der Waals surface area contributed by atoms with Crippen molar-refractivity contribution < 1.29 is 14.3 Å². The van der Waals surface area contributed by atoms with Crippen molar-refractivity contribution in [2.75, 3.05) is 18.1 Å². The van der Waals surface area contributed by atoms with E-state index >= 15 is 0 Å². The molecular formula is C13H15NO3. The average Bonchev–Trinajstić information content (AvgIpc) is 2.30. The molecule has 0 bridgehead atoms. The van der Waals surface area contributed by atoms with E-state index in [2.05, 4.69) is 0 Å². The summed E-state index contributed by atoms with van der Waals surface area (Å²) in [5.41, 5.74) is 2.29. The number of carbonyl (C=O) groups is 2. The molecule has 2 rings (SSSR count). The van der Waals surface area contributed by atoms with Crippen LogP contribution in [0.2, 0.25) is 0 Å². The lowest BCUT2D eigenvalue weighted by Crippen LogP contribution is -2.37. The van der Waals surface area contributed by atoms with E-state index in [1.807, 2.05) is 19.1 Å². The molecule has 0 fully saturated rings. The van der Waals surface area contributed by atoms with Crippen LogP contribution in [0.4, 0.5) is 10.5 Å². The number of hydrogen-bond acceptors (Lipinski definition) is 3. The standard InChI is InChI=1S/C13H15NO3/c1-3-17-13(16)14-7-6-12(15)10-8-9(2)4-5-11(10)14/h4-5,8H,3,6-7H2,1-2H3. The van der Waals surface area contributed by atoms with Crippen molar-refractivity contribution in [3.05, 3.63) is 29.3 Å². The third kappa shape index (κ3) is 2.16. The van der Waals surface area contributed by atoms with Gasteiger partial charge in [0.15, 0.2) is 5.78 Å². The quantitative estimate of drug-likeness (QED) is 0.748. The van der Waals surface area contributed by atoms with Crippen LogP contribution in [0.5, 0.6) is 0 Å². The van der Waals surface area contributed by atoms with Crippen LogP contribution >= 0.6 is 0 Å². The van der Waals surface area contributed by atoms with Crippen LogP contribution in [-0.4, -0.2) is 25.0 Å². The minimum atomic E-state index is -0.384. The third-order valence-electron chi connectivity index (χ3n) is 2.79. The van der Waals surface area contributed by atoms with E-state index < -0.39 is 0 Å². The number of amides is 1. The second-order valence-electron chi connectivity index (χ2n) is 4.04. The molecule has 0 N–H and O–H groups in total. The van der Waals surface area contributed by atoms with Crippen molar-refractivity contribution in [3.8, 4) is 0 Å². The summed E-state index contributed by atoms with van der Waals surface area (Å²) in [5, 5.41) is 0. The summed E-state index contributed by atoms with van der Waals surface area (Å²) in [7, 11) is 0. The van der Waals surface area contributed by atoms with Gasteiger partial charge in [0.1, 0.15) is 0 Å². The summed E-state index contributed by atoms with van der Waals surface area (Å²) in [4.78, 5) is 25.1. The van der Waals surface area contributed by atoms with Crippen LogP contribution in [0, 0.1) is 6.92 Å². The number of aryl methyl sites for hydroxylation is 1. The predicted molar refractivity (Wildman–Crippen MR) is 64.5 cm³/mol. The molecule has 0 aromatic heterocycles. The highest BCUT2D eigenvalue weighted by Crippen LogP contribution is 2.28. The fourth-order valence-corrected chi connectivity index (χ4v) is 1.97. The molecule has 17 heavy (non-hydrogen) atoms. The molecule has 1 amide bonds. The summed E-state index contributed by atoms with van der Waals surface area (Å²) in [6, 6.07) is 5.52. The topological polar surface area (TPSA) is 46.6 Å². The zero-order valence-electron chi connectivity index (χ0n) is 10.0. The molecule has 1 heterocycles. The van der Waals surface area contributed by atoms with Gasteiger partial charge in [0, 0.05) is 18.5 Å². The number of nitrogens with zero attached hydrogens (tertiary/aromatic N) is 1. The Morgan fingerprint density at radius 2 is 2.24 bits per heavy atom. The Morgan fingerprint density at radius 3 is 2.94 bits per heavy atom. The summed E-state index contributed by atoms with van der Waals surface area (Å²) in [6.07, 6.45) is -0.0277. The fourth-order valence-electron chi connectivity index (χ4n) is 1.97. The first kappa shape index (κ1) is 11.6. The SMILES string of the molecule is CCOC(=O)N1CCC(=O)c2cc(C)ccc21. The number of rotatable bonds is 1. The summed E-state index contributed by atoms with van der Waals surface area (Å²) >= 11 is 0. The number of Topliss-reactive ketones (excluding diaryl/α,β-unsaturated/α-hetero) is 1. The molecule has 1 aromatic carbocycles. The van der Waals surface area contributed by atoms with Crippen LogP contribution < -0.4 is 4.90 Å². The number of ether oxygens (including phenoxy) is 1. The molecule has 0 saturated carbocycles. The molecule has 1 aliphatic rings. The van der Waals surface area contributed by atoms with Crippen LogP contribution in [0.1, 0.15) is 29.3 Å². The molecule has 0 spiro atoms. The van der Waals surface area contributed by atoms with E-state index in [0.717, 1.165) is 5.56 Å². The molecule has 1 aromatic rings. The smallest absolute Gasteiger partial charge is 0.414 e. The first-order valence-corrected chi connectivity index (χ1v) is 5.71. The number of benzene rings is 1. The Hall–Kier alpha value is -1.84. The highest BCUT2D eigenvalue weighted by atomic mass is 16.6. The Balaban J connectivity index is 2.39. The minimum Gasteiger partial charge on any atom is -0.449 e. The van der Waals surface area contributed by atoms with Crippen molar-refractivity contribution in [1.29, 1.82) is 0 Å². The highest BCUT2D eigenvalue weighted by Gasteiger charge is 2.27. The molecule has 4 heteroatoms. The second kappa shape index (κ2) is 4.57. The monoisotopic (exact) mass is 233 g/mol. The van der Waals surface area contributed by atoms with Crippen molar-refractivity contribution in [2.45, 2.75) is 20.3 Å². The van der Waals surface area contributed by atoms with E-state index in [-0.39, 0.29) is 11.9 Å². The Bertz CT molecular complexity index is 468. The van der Waals surface area contributed by atoms with E-state index in [0.29, 0.717) is 30.8 Å². The minimum absolute atomic E-state index is 0.0873. The van der Waals surface area contributed by atoms with Gasteiger partial charge in [-0.25, -0.2) is 4.79 Å². The molecular weight excluding hydrogens is 218 g/mol. The fraction of sp³-hybridized carbons (Fsp3) is 0.385. The van der Waals surface area contributed by atoms with Crippen molar-refractivity contribution in [2.24, 2.45) is 0 Å². The van der Waals surface area contributed by atoms with E-state index in [4.69, 9.17) is 4.74 Å². The van der Waals surface area contributed by atoms with Gasteiger partial charge in [-0.15, -0.1) is 0 Å². The van der Waals surface area contributed by atoms with Crippen molar-refractivity contribution >= 4 is 17.6 Å². The molecule has 0 atom stereocenters. The lowest BCUT2D eigenvalue weighted by atomic mass is 9.99. The van der Waals surface area contributed by atoms with Crippen LogP contribution in [0.3, 0.4) is 0 Å². The molecule has 0 radical (unpaired) electrons.